The lowest BCUT2D eigenvalue weighted by Gasteiger charge is -2.22. The highest BCUT2D eigenvalue weighted by Crippen LogP contribution is 2.32. The molecule has 2 rings (SSSR count). The Morgan fingerprint density at radius 1 is 1.53 bits per heavy atom. The molecule has 1 saturated heterocycles. The van der Waals surface area contributed by atoms with Crippen LogP contribution < -0.4 is 5.73 Å². The molecule has 1 aliphatic heterocycles. The monoisotopic (exact) mass is 225 g/mol. The topological polar surface area (TPSA) is 35.2 Å². The summed E-state index contributed by atoms with van der Waals surface area (Å²) in [6, 6.07) is 7.81. The van der Waals surface area contributed by atoms with E-state index in [4.69, 9.17) is 22.1 Å². The number of rotatable bonds is 2. The molecular weight excluding hydrogens is 210 g/mol. The molecule has 0 saturated carbocycles. The first-order valence-corrected chi connectivity index (χ1v) is 5.69. The molecule has 1 aliphatic rings. The van der Waals surface area contributed by atoms with E-state index in [0.717, 1.165) is 23.6 Å². The molecule has 0 aliphatic carbocycles. The van der Waals surface area contributed by atoms with Gasteiger partial charge in [0.05, 0.1) is 6.10 Å². The molecule has 1 aromatic rings. The van der Waals surface area contributed by atoms with Crippen LogP contribution in [0.5, 0.6) is 0 Å². The van der Waals surface area contributed by atoms with Crippen LogP contribution in [0.3, 0.4) is 0 Å². The number of hydrogen-bond acceptors (Lipinski definition) is 2. The third-order valence-electron chi connectivity index (χ3n) is 3.13. The fourth-order valence-corrected chi connectivity index (χ4v) is 2.38. The van der Waals surface area contributed by atoms with Gasteiger partial charge in [-0.3, -0.25) is 0 Å². The Morgan fingerprint density at radius 2 is 2.33 bits per heavy atom. The predicted octanol–water partition coefficient (Wildman–Crippen LogP) is 2.76. The van der Waals surface area contributed by atoms with E-state index in [2.05, 4.69) is 6.92 Å². The smallest absolute Gasteiger partial charge is 0.0594 e. The highest BCUT2D eigenvalue weighted by atomic mass is 35.5. The average molecular weight is 226 g/mol. The van der Waals surface area contributed by atoms with Crippen molar-refractivity contribution in [3.63, 3.8) is 0 Å². The van der Waals surface area contributed by atoms with E-state index in [0.29, 0.717) is 5.92 Å². The third-order valence-corrected chi connectivity index (χ3v) is 3.36. The molecule has 2 N–H and O–H groups in total. The van der Waals surface area contributed by atoms with Gasteiger partial charge in [0.2, 0.25) is 0 Å². The summed E-state index contributed by atoms with van der Waals surface area (Å²) < 4.78 is 5.53. The minimum atomic E-state index is 0.0289. The van der Waals surface area contributed by atoms with Gasteiger partial charge in [-0.2, -0.15) is 0 Å². The van der Waals surface area contributed by atoms with Crippen LogP contribution in [0.2, 0.25) is 5.02 Å². The fraction of sp³-hybridized carbons (Fsp3) is 0.500. The summed E-state index contributed by atoms with van der Waals surface area (Å²) in [4.78, 5) is 0. The van der Waals surface area contributed by atoms with Gasteiger partial charge < -0.3 is 10.5 Å². The lowest BCUT2D eigenvalue weighted by molar-refractivity contribution is 0.0995. The van der Waals surface area contributed by atoms with Crippen molar-refractivity contribution in [2.75, 3.05) is 6.61 Å². The quantitative estimate of drug-likeness (QED) is 0.840. The summed E-state index contributed by atoms with van der Waals surface area (Å²) >= 11 is 5.95. The molecule has 3 unspecified atom stereocenters. The molecule has 1 aromatic carbocycles. The largest absolute Gasteiger partial charge is 0.378 e. The molecule has 3 atom stereocenters. The van der Waals surface area contributed by atoms with E-state index in [-0.39, 0.29) is 12.1 Å². The van der Waals surface area contributed by atoms with Gasteiger partial charge >= 0.3 is 0 Å². The SMILES string of the molecule is CC1OCCC1C(N)c1cccc(Cl)c1. The van der Waals surface area contributed by atoms with Gasteiger partial charge in [0.25, 0.3) is 0 Å². The first-order valence-electron chi connectivity index (χ1n) is 5.31. The van der Waals surface area contributed by atoms with E-state index >= 15 is 0 Å². The molecule has 0 spiro atoms. The minimum Gasteiger partial charge on any atom is -0.378 e. The Balaban J connectivity index is 2.16. The number of hydrogen-bond donors (Lipinski definition) is 1. The number of ether oxygens (including phenoxy) is 1. The summed E-state index contributed by atoms with van der Waals surface area (Å²) in [6.45, 7) is 2.90. The predicted molar refractivity (Wildman–Crippen MR) is 61.9 cm³/mol. The van der Waals surface area contributed by atoms with Gasteiger partial charge in [-0.25, -0.2) is 0 Å². The van der Waals surface area contributed by atoms with Crippen molar-refractivity contribution in [3.8, 4) is 0 Å². The number of nitrogens with two attached hydrogens (primary N) is 1. The molecule has 1 fully saturated rings. The molecular formula is C12H16ClNO. The van der Waals surface area contributed by atoms with Crippen molar-refractivity contribution < 1.29 is 4.74 Å². The zero-order valence-electron chi connectivity index (χ0n) is 8.82. The van der Waals surface area contributed by atoms with E-state index in [9.17, 15) is 0 Å². The average Bonchev–Trinajstić information content (AvgIpc) is 2.63. The summed E-state index contributed by atoms with van der Waals surface area (Å²) in [5, 5.41) is 0.745. The fourth-order valence-electron chi connectivity index (χ4n) is 2.18. The van der Waals surface area contributed by atoms with Gasteiger partial charge in [-0.1, -0.05) is 23.7 Å². The first kappa shape index (κ1) is 10.9. The molecule has 0 bridgehead atoms. The van der Waals surface area contributed by atoms with Gasteiger partial charge in [-0.05, 0) is 31.0 Å². The minimum absolute atomic E-state index is 0.0289. The molecule has 3 heteroatoms. The molecule has 0 amide bonds. The Labute approximate surface area is 95.4 Å². The summed E-state index contributed by atoms with van der Waals surface area (Å²) in [6.07, 6.45) is 1.29. The molecule has 1 heterocycles. The second-order valence-electron chi connectivity index (χ2n) is 4.11. The van der Waals surface area contributed by atoms with Crippen molar-refractivity contribution >= 4 is 11.6 Å². The van der Waals surface area contributed by atoms with E-state index < -0.39 is 0 Å². The van der Waals surface area contributed by atoms with Crippen LogP contribution in [-0.4, -0.2) is 12.7 Å². The zero-order chi connectivity index (χ0) is 10.8. The van der Waals surface area contributed by atoms with Crippen molar-refractivity contribution in [3.05, 3.63) is 34.9 Å². The van der Waals surface area contributed by atoms with Crippen molar-refractivity contribution in [2.24, 2.45) is 11.7 Å². The van der Waals surface area contributed by atoms with Crippen LogP contribution >= 0.6 is 11.6 Å². The zero-order valence-corrected chi connectivity index (χ0v) is 9.58. The van der Waals surface area contributed by atoms with Crippen molar-refractivity contribution in [1.82, 2.24) is 0 Å². The summed E-state index contributed by atoms with van der Waals surface area (Å²) in [5.41, 5.74) is 7.32. The highest BCUT2D eigenvalue weighted by Gasteiger charge is 2.30. The van der Waals surface area contributed by atoms with Crippen molar-refractivity contribution in [2.45, 2.75) is 25.5 Å². The van der Waals surface area contributed by atoms with E-state index in [1.165, 1.54) is 0 Å². The van der Waals surface area contributed by atoms with Gasteiger partial charge in [0.1, 0.15) is 0 Å². The lowest BCUT2D eigenvalue weighted by atomic mass is 9.89. The van der Waals surface area contributed by atoms with E-state index in [1.54, 1.807) is 0 Å². The summed E-state index contributed by atoms with van der Waals surface area (Å²) in [7, 11) is 0. The van der Waals surface area contributed by atoms with Crippen molar-refractivity contribution in [1.29, 1.82) is 0 Å². The standard InChI is InChI=1S/C12H16ClNO/c1-8-11(5-6-15-8)12(14)9-3-2-4-10(13)7-9/h2-4,7-8,11-12H,5-6,14H2,1H3. The summed E-state index contributed by atoms with van der Waals surface area (Å²) in [5.74, 6) is 0.406. The molecule has 82 valence electrons. The number of benzene rings is 1. The van der Waals surface area contributed by atoms with Gasteiger partial charge in [-0.15, -0.1) is 0 Å². The van der Waals surface area contributed by atoms with Crippen LogP contribution in [0.1, 0.15) is 24.9 Å². The van der Waals surface area contributed by atoms with Gasteiger partial charge in [0, 0.05) is 23.6 Å². The van der Waals surface area contributed by atoms with Crippen LogP contribution in [0.4, 0.5) is 0 Å². The highest BCUT2D eigenvalue weighted by molar-refractivity contribution is 6.30. The second-order valence-corrected chi connectivity index (χ2v) is 4.55. The normalized spacial score (nSPS) is 27.9. The van der Waals surface area contributed by atoms with E-state index in [1.807, 2.05) is 24.3 Å². The van der Waals surface area contributed by atoms with Crippen LogP contribution in [0.15, 0.2) is 24.3 Å². The maximum absolute atomic E-state index is 6.22. The molecule has 15 heavy (non-hydrogen) atoms. The molecule has 0 aromatic heterocycles. The Kier molecular flexibility index (Phi) is 3.29. The first-order chi connectivity index (χ1) is 7.18. The Morgan fingerprint density at radius 3 is 2.93 bits per heavy atom. The Hall–Kier alpha value is -0.570. The Bertz CT molecular complexity index is 342. The number of halogens is 1. The van der Waals surface area contributed by atoms with Crippen LogP contribution in [0.25, 0.3) is 0 Å². The maximum atomic E-state index is 6.22. The second kappa shape index (κ2) is 4.52. The molecule has 2 nitrogen and oxygen atoms in total. The third kappa shape index (κ3) is 2.33. The van der Waals surface area contributed by atoms with Crippen LogP contribution in [-0.2, 0) is 4.74 Å². The van der Waals surface area contributed by atoms with Crippen LogP contribution in [0, 0.1) is 5.92 Å². The molecule has 0 radical (unpaired) electrons. The van der Waals surface area contributed by atoms with Gasteiger partial charge in [0.15, 0.2) is 0 Å². The lowest BCUT2D eigenvalue weighted by Crippen LogP contribution is -2.26. The maximum Gasteiger partial charge on any atom is 0.0594 e.